The third kappa shape index (κ3) is 2.78. The number of nitrogens with one attached hydrogen (secondary N) is 2. The van der Waals surface area contributed by atoms with Gasteiger partial charge in [0.15, 0.2) is 0 Å². The molecule has 1 aromatic rings. The smallest absolute Gasteiger partial charge is 0.337 e. The molecule has 4 N–H and O–H groups in total. The number of halogens is 2. The molecule has 9 heteroatoms. The van der Waals surface area contributed by atoms with Gasteiger partial charge in [-0.05, 0) is 44.8 Å². The fraction of sp³-hybridized carbons (Fsp3) is 0.231. The normalized spacial score (nSPS) is 17.8. The first kappa shape index (κ1) is 16.6. The Balaban J connectivity index is 2.66. The molecule has 1 atom stereocenters. The summed E-state index contributed by atoms with van der Waals surface area (Å²) in [5, 5.41) is 25.0. The van der Waals surface area contributed by atoms with Crippen LogP contribution < -0.4 is 10.6 Å². The van der Waals surface area contributed by atoms with Gasteiger partial charge < -0.3 is 25.6 Å². The molecule has 2 amide bonds. The maximum absolute atomic E-state index is 12.0. The van der Waals surface area contributed by atoms with Gasteiger partial charge in [0.05, 0.1) is 23.2 Å². The van der Waals surface area contributed by atoms with Crippen molar-refractivity contribution in [2.24, 2.45) is 0 Å². The number of esters is 1. The second kappa shape index (κ2) is 6.17. The van der Waals surface area contributed by atoms with Gasteiger partial charge in [0.1, 0.15) is 16.0 Å². The van der Waals surface area contributed by atoms with Crippen LogP contribution in [0.15, 0.2) is 26.3 Å². The van der Waals surface area contributed by atoms with Crippen LogP contribution in [0.1, 0.15) is 18.5 Å². The molecule has 0 spiro atoms. The number of carbonyl (C=O) groups is 2. The van der Waals surface area contributed by atoms with Crippen LogP contribution in [0.2, 0.25) is 0 Å². The first-order valence-corrected chi connectivity index (χ1v) is 7.63. The quantitative estimate of drug-likeness (QED) is 0.533. The fourth-order valence-corrected chi connectivity index (χ4v) is 3.30. The van der Waals surface area contributed by atoms with Crippen molar-refractivity contribution in [2.75, 3.05) is 7.11 Å². The number of allylic oxidation sites excluding steroid dienone is 1. The fourth-order valence-electron chi connectivity index (χ4n) is 2.14. The summed E-state index contributed by atoms with van der Waals surface area (Å²) >= 11 is 6.21. The highest BCUT2D eigenvalue weighted by atomic mass is 79.9. The molecule has 22 heavy (non-hydrogen) atoms. The molecule has 0 fully saturated rings. The summed E-state index contributed by atoms with van der Waals surface area (Å²) in [6.07, 6.45) is 0. The largest absolute Gasteiger partial charge is 0.506 e. The highest BCUT2D eigenvalue weighted by molar-refractivity contribution is 9.11. The summed E-state index contributed by atoms with van der Waals surface area (Å²) in [7, 11) is 1.22. The number of phenols is 2. The zero-order valence-corrected chi connectivity index (χ0v) is 14.7. The predicted octanol–water partition coefficient (Wildman–Crippen LogP) is 2.42. The lowest BCUT2D eigenvalue weighted by Crippen LogP contribution is -2.45. The lowest BCUT2D eigenvalue weighted by atomic mass is 9.94. The first-order chi connectivity index (χ1) is 10.3. The molecule has 1 aliphatic rings. The zero-order valence-electron chi connectivity index (χ0n) is 11.5. The van der Waals surface area contributed by atoms with Crippen molar-refractivity contribution in [3.05, 3.63) is 31.8 Å². The second-order valence-corrected chi connectivity index (χ2v) is 6.17. The number of benzene rings is 1. The third-order valence-electron chi connectivity index (χ3n) is 3.18. The van der Waals surface area contributed by atoms with Gasteiger partial charge in [0.2, 0.25) is 0 Å². The van der Waals surface area contributed by atoms with Crippen molar-refractivity contribution in [2.45, 2.75) is 13.0 Å². The molecule has 1 heterocycles. The van der Waals surface area contributed by atoms with E-state index in [1.807, 2.05) is 0 Å². The van der Waals surface area contributed by atoms with Crippen LogP contribution in [0.5, 0.6) is 11.5 Å². The Morgan fingerprint density at radius 1 is 1.32 bits per heavy atom. The highest BCUT2D eigenvalue weighted by Gasteiger charge is 2.34. The van der Waals surface area contributed by atoms with E-state index in [1.54, 1.807) is 6.92 Å². The molecule has 118 valence electrons. The van der Waals surface area contributed by atoms with Crippen LogP contribution in [0.3, 0.4) is 0 Å². The lowest BCUT2D eigenvalue weighted by Gasteiger charge is -2.28. The molecular formula is C13H12Br2N2O5. The van der Waals surface area contributed by atoms with Crippen LogP contribution in [-0.4, -0.2) is 29.3 Å². The summed E-state index contributed by atoms with van der Waals surface area (Å²) in [5.74, 6) is -1.13. The van der Waals surface area contributed by atoms with Gasteiger partial charge in [-0.25, -0.2) is 9.59 Å². The van der Waals surface area contributed by atoms with Gasteiger partial charge in [-0.3, -0.25) is 0 Å². The van der Waals surface area contributed by atoms with E-state index in [9.17, 15) is 19.8 Å². The molecule has 0 saturated heterocycles. The van der Waals surface area contributed by atoms with Gasteiger partial charge >= 0.3 is 12.0 Å². The third-order valence-corrected chi connectivity index (χ3v) is 4.54. The zero-order chi connectivity index (χ0) is 16.6. The van der Waals surface area contributed by atoms with E-state index >= 15 is 0 Å². The van der Waals surface area contributed by atoms with Crippen molar-refractivity contribution in [1.29, 1.82) is 0 Å². The van der Waals surface area contributed by atoms with Gasteiger partial charge in [0.25, 0.3) is 0 Å². The Morgan fingerprint density at radius 2 is 1.95 bits per heavy atom. The number of amides is 2. The van der Waals surface area contributed by atoms with E-state index in [-0.39, 0.29) is 27.1 Å². The molecular weight excluding hydrogens is 424 g/mol. The minimum atomic E-state index is -0.922. The Bertz CT molecular complexity index is 702. The molecule has 0 bridgehead atoms. The highest BCUT2D eigenvalue weighted by Crippen LogP contribution is 2.45. The first-order valence-electron chi connectivity index (χ1n) is 6.04. The number of ether oxygens (including phenoxy) is 1. The van der Waals surface area contributed by atoms with Crippen LogP contribution in [0.4, 0.5) is 4.79 Å². The SMILES string of the molecule is COC(=O)C1=C(C)NC(=O)NC1c1cc(Br)c(O)c(Br)c1O. The summed E-state index contributed by atoms with van der Waals surface area (Å²) in [4.78, 5) is 23.7. The van der Waals surface area contributed by atoms with Crippen molar-refractivity contribution >= 4 is 43.9 Å². The van der Waals surface area contributed by atoms with Gasteiger partial charge in [-0.15, -0.1) is 0 Å². The number of hydrogen-bond donors (Lipinski definition) is 4. The molecule has 1 aliphatic heterocycles. The Labute approximate surface area is 142 Å². The number of hydrogen-bond acceptors (Lipinski definition) is 5. The number of carbonyl (C=O) groups excluding carboxylic acids is 2. The van der Waals surface area contributed by atoms with Crippen LogP contribution in [0.25, 0.3) is 0 Å². The van der Waals surface area contributed by atoms with Gasteiger partial charge in [0, 0.05) is 11.3 Å². The number of rotatable bonds is 2. The number of aromatic hydroxyl groups is 2. The maximum atomic E-state index is 12.0. The number of methoxy groups -OCH3 is 1. The summed E-state index contributed by atoms with van der Waals surface area (Å²) in [6, 6.07) is -0.0219. The van der Waals surface area contributed by atoms with E-state index in [4.69, 9.17) is 4.74 Å². The molecule has 1 aromatic carbocycles. The van der Waals surface area contributed by atoms with Crippen molar-refractivity contribution in [3.8, 4) is 11.5 Å². The van der Waals surface area contributed by atoms with Crippen molar-refractivity contribution in [3.63, 3.8) is 0 Å². The molecule has 0 saturated carbocycles. The average Bonchev–Trinajstić information content (AvgIpc) is 2.47. The number of urea groups is 1. The van der Waals surface area contributed by atoms with Crippen LogP contribution in [-0.2, 0) is 9.53 Å². The van der Waals surface area contributed by atoms with E-state index in [1.165, 1.54) is 13.2 Å². The van der Waals surface area contributed by atoms with Crippen molar-refractivity contribution in [1.82, 2.24) is 10.6 Å². The topological polar surface area (TPSA) is 108 Å². The lowest BCUT2D eigenvalue weighted by molar-refractivity contribution is -0.136. The second-order valence-electron chi connectivity index (χ2n) is 4.52. The van der Waals surface area contributed by atoms with Crippen molar-refractivity contribution < 1.29 is 24.5 Å². The standard InChI is InChI=1S/C13H12Br2N2O5/c1-4-7(12(20)22-2)9(17-13(21)16-4)5-3-6(14)11(19)8(15)10(5)18/h3,9,18-19H,1-2H3,(H2,16,17,21). The maximum Gasteiger partial charge on any atom is 0.337 e. The summed E-state index contributed by atoms with van der Waals surface area (Å²) in [6.45, 7) is 1.56. The minimum absolute atomic E-state index is 0.0477. The van der Waals surface area contributed by atoms with Gasteiger partial charge in [-0.1, -0.05) is 0 Å². The Kier molecular flexibility index (Phi) is 4.66. The predicted molar refractivity (Wildman–Crippen MR) is 84.3 cm³/mol. The van der Waals surface area contributed by atoms with Crippen LogP contribution in [0, 0.1) is 0 Å². The van der Waals surface area contributed by atoms with E-state index in [0.29, 0.717) is 10.2 Å². The molecule has 0 aromatic heterocycles. The van der Waals surface area contributed by atoms with E-state index in [2.05, 4.69) is 42.5 Å². The average molecular weight is 436 g/mol. The molecule has 0 radical (unpaired) electrons. The molecule has 1 unspecified atom stereocenters. The van der Waals surface area contributed by atoms with E-state index in [0.717, 1.165) is 0 Å². The Hall–Kier alpha value is -1.74. The molecule has 2 rings (SSSR count). The molecule has 0 aliphatic carbocycles. The molecule has 7 nitrogen and oxygen atoms in total. The van der Waals surface area contributed by atoms with E-state index < -0.39 is 18.0 Å². The monoisotopic (exact) mass is 434 g/mol. The van der Waals surface area contributed by atoms with Gasteiger partial charge in [-0.2, -0.15) is 0 Å². The summed E-state index contributed by atoms with van der Waals surface area (Å²) in [5.41, 5.74) is 0.702. The summed E-state index contributed by atoms with van der Waals surface area (Å²) < 4.78 is 5.07. The van der Waals surface area contributed by atoms with Crippen LogP contribution >= 0.6 is 31.9 Å². The number of phenolic OH excluding ortho intramolecular Hbond substituents is 2. The Morgan fingerprint density at radius 3 is 2.55 bits per heavy atom. The minimum Gasteiger partial charge on any atom is -0.506 e.